The average Bonchev–Trinajstić information content (AvgIpc) is 2.22. The Labute approximate surface area is 89.9 Å². The molecule has 0 aliphatic rings. The monoisotopic (exact) mass is 224 g/mol. The Bertz CT molecular complexity index is 503. The van der Waals surface area contributed by atoms with Gasteiger partial charge in [-0.25, -0.2) is 9.37 Å². The smallest absolute Gasteiger partial charge is 0.240 e. The normalized spacial score (nSPS) is 10.3. The van der Waals surface area contributed by atoms with Crippen molar-refractivity contribution in [1.29, 1.82) is 0 Å². The number of nitrogen functional groups attached to an aromatic ring is 1. The van der Waals surface area contributed by atoms with Crippen molar-refractivity contribution >= 4 is 17.5 Å². The molecule has 0 aliphatic heterocycles. The molecule has 0 atom stereocenters. The molecule has 1 aromatic carbocycles. The van der Waals surface area contributed by atoms with Crippen LogP contribution in [0.4, 0.5) is 10.3 Å². The highest BCUT2D eigenvalue weighted by atomic mass is 35.5. The standard InChI is InChI=1S/C9H6ClFN4/c10-6-3-5(1-2-7(6)11)8-4-13-15-9(12)14-8/h1-4H,(H2,12,14,15). The zero-order valence-corrected chi connectivity index (χ0v) is 8.24. The minimum atomic E-state index is -0.476. The molecule has 6 heteroatoms. The number of nitrogens with zero attached hydrogens (tertiary/aromatic N) is 3. The van der Waals surface area contributed by atoms with E-state index < -0.39 is 5.82 Å². The summed E-state index contributed by atoms with van der Waals surface area (Å²) in [5.41, 5.74) is 6.52. The molecule has 0 unspecified atom stereocenters. The van der Waals surface area contributed by atoms with E-state index in [4.69, 9.17) is 17.3 Å². The molecule has 0 fully saturated rings. The molecule has 0 spiro atoms. The molecule has 0 aliphatic carbocycles. The van der Waals surface area contributed by atoms with Crippen molar-refractivity contribution in [1.82, 2.24) is 15.2 Å². The summed E-state index contributed by atoms with van der Waals surface area (Å²) >= 11 is 5.63. The van der Waals surface area contributed by atoms with E-state index in [9.17, 15) is 4.39 Å². The van der Waals surface area contributed by atoms with Crippen molar-refractivity contribution < 1.29 is 4.39 Å². The quantitative estimate of drug-likeness (QED) is 0.804. The van der Waals surface area contributed by atoms with Gasteiger partial charge >= 0.3 is 0 Å². The van der Waals surface area contributed by atoms with Crippen LogP contribution in [0.1, 0.15) is 0 Å². The Morgan fingerprint density at radius 2 is 2.13 bits per heavy atom. The average molecular weight is 225 g/mol. The van der Waals surface area contributed by atoms with Crippen molar-refractivity contribution in [2.75, 3.05) is 5.73 Å². The zero-order chi connectivity index (χ0) is 10.8. The van der Waals surface area contributed by atoms with Crippen LogP contribution in [0.5, 0.6) is 0 Å². The summed E-state index contributed by atoms with van der Waals surface area (Å²) in [5, 5.41) is 7.19. The number of aromatic nitrogens is 3. The summed E-state index contributed by atoms with van der Waals surface area (Å²) in [5.74, 6) is -0.414. The molecule has 76 valence electrons. The minimum absolute atomic E-state index is 0.0321. The molecule has 1 aromatic heterocycles. The lowest BCUT2D eigenvalue weighted by atomic mass is 10.1. The Kier molecular flexibility index (Phi) is 2.47. The van der Waals surface area contributed by atoms with Gasteiger partial charge in [0.25, 0.3) is 0 Å². The highest BCUT2D eigenvalue weighted by Crippen LogP contribution is 2.22. The summed E-state index contributed by atoms with van der Waals surface area (Å²) < 4.78 is 12.9. The molecule has 15 heavy (non-hydrogen) atoms. The Balaban J connectivity index is 2.50. The van der Waals surface area contributed by atoms with Gasteiger partial charge in [0.05, 0.1) is 16.9 Å². The van der Waals surface area contributed by atoms with E-state index in [1.165, 1.54) is 18.3 Å². The van der Waals surface area contributed by atoms with E-state index in [1.54, 1.807) is 6.07 Å². The van der Waals surface area contributed by atoms with Gasteiger partial charge in [-0.05, 0) is 18.2 Å². The molecule has 2 aromatic rings. The van der Waals surface area contributed by atoms with Crippen LogP contribution in [-0.4, -0.2) is 15.2 Å². The number of anilines is 1. The second-order valence-electron chi connectivity index (χ2n) is 2.83. The predicted molar refractivity (Wildman–Crippen MR) is 54.6 cm³/mol. The maximum atomic E-state index is 12.9. The van der Waals surface area contributed by atoms with Gasteiger partial charge in [0.2, 0.25) is 5.95 Å². The third kappa shape index (κ3) is 2.02. The van der Waals surface area contributed by atoms with Crippen LogP contribution < -0.4 is 5.73 Å². The Morgan fingerprint density at radius 1 is 1.33 bits per heavy atom. The molecule has 2 N–H and O–H groups in total. The third-order valence-corrected chi connectivity index (χ3v) is 2.08. The van der Waals surface area contributed by atoms with Crippen LogP contribution in [0.15, 0.2) is 24.4 Å². The molecular formula is C9H6ClFN4. The molecule has 0 saturated heterocycles. The highest BCUT2D eigenvalue weighted by Gasteiger charge is 2.05. The number of rotatable bonds is 1. The molecule has 0 amide bonds. The van der Waals surface area contributed by atoms with Crippen LogP contribution in [0, 0.1) is 5.82 Å². The van der Waals surface area contributed by atoms with Crippen LogP contribution in [0.3, 0.4) is 0 Å². The van der Waals surface area contributed by atoms with Crippen LogP contribution >= 0.6 is 11.6 Å². The van der Waals surface area contributed by atoms with Crippen LogP contribution in [0.2, 0.25) is 5.02 Å². The summed E-state index contributed by atoms with van der Waals surface area (Å²) in [7, 11) is 0. The van der Waals surface area contributed by atoms with E-state index in [1.807, 2.05) is 0 Å². The van der Waals surface area contributed by atoms with Gasteiger partial charge < -0.3 is 5.73 Å². The van der Waals surface area contributed by atoms with Gasteiger partial charge in [-0.1, -0.05) is 11.6 Å². The van der Waals surface area contributed by atoms with Crippen LogP contribution in [0.25, 0.3) is 11.3 Å². The topological polar surface area (TPSA) is 64.7 Å². The van der Waals surface area contributed by atoms with Crippen molar-refractivity contribution in [3.63, 3.8) is 0 Å². The van der Waals surface area contributed by atoms with Gasteiger partial charge in [0.15, 0.2) is 0 Å². The number of halogens is 2. The lowest BCUT2D eigenvalue weighted by Crippen LogP contribution is -1.98. The molecule has 0 bridgehead atoms. The maximum absolute atomic E-state index is 12.9. The van der Waals surface area contributed by atoms with E-state index in [2.05, 4.69) is 15.2 Å². The first-order valence-electron chi connectivity index (χ1n) is 4.07. The first kappa shape index (κ1) is 9.79. The van der Waals surface area contributed by atoms with Gasteiger partial charge in [-0.3, -0.25) is 0 Å². The summed E-state index contributed by atoms with van der Waals surface area (Å²) in [6.45, 7) is 0. The SMILES string of the molecule is Nc1nncc(-c2ccc(F)c(Cl)c2)n1. The van der Waals surface area contributed by atoms with E-state index in [-0.39, 0.29) is 11.0 Å². The van der Waals surface area contributed by atoms with Crippen molar-refractivity contribution in [2.45, 2.75) is 0 Å². The lowest BCUT2D eigenvalue weighted by molar-refractivity contribution is 0.628. The zero-order valence-electron chi connectivity index (χ0n) is 7.48. The second kappa shape index (κ2) is 3.78. The second-order valence-corrected chi connectivity index (χ2v) is 3.24. The van der Waals surface area contributed by atoms with Gasteiger partial charge in [0.1, 0.15) is 5.82 Å². The van der Waals surface area contributed by atoms with E-state index >= 15 is 0 Å². The third-order valence-electron chi connectivity index (χ3n) is 1.79. The molecule has 2 rings (SSSR count). The van der Waals surface area contributed by atoms with E-state index in [0.29, 0.717) is 11.3 Å². The molecule has 1 heterocycles. The number of benzene rings is 1. The molecule has 0 saturated carbocycles. The lowest BCUT2D eigenvalue weighted by Gasteiger charge is -2.01. The fourth-order valence-electron chi connectivity index (χ4n) is 1.11. The van der Waals surface area contributed by atoms with Crippen LogP contribution in [-0.2, 0) is 0 Å². The Morgan fingerprint density at radius 3 is 2.80 bits per heavy atom. The number of nitrogens with two attached hydrogens (primary N) is 1. The minimum Gasteiger partial charge on any atom is -0.366 e. The largest absolute Gasteiger partial charge is 0.366 e. The van der Waals surface area contributed by atoms with Gasteiger partial charge in [-0.2, -0.15) is 5.10 Å². The van der Waals surface area contributed by atoms with Crippen molar-refractivity contribution in [3.05, 3.63) is 35.2 Å². The fourth-order valence-corrected chi connectivity index (χ4v) is 1.29. The fraction of sp³-hybridized carbons (Fsp3) is 0. The molecule has 0 radical (unpaired) electrons. The van der Waals surface area contributed by atoms with Crippen molar-refractivity contribution in [3.8, 4) is 11.3 Å². The predicted octanol–water partition coefficient (Wildman–Crippen LogP) is 1.91. The summed E-state index contributed by atoms with van der Waals surface area (Å²) in [6.07, 6.45) is 1.43. The number of hydrogen-bond acceptors (Lipinski definition) is 4. The van der Waals surface area contributed by atoms with E-state index in [0.717, 1.165) is 0 Å². The molecule has 4 nitrogen and oxygen atoms in total. The Hall–Kier alpha value is -1.75. The first-order valence-corrected chi connectivity index (χ1v) is 4.45. The number of hydrogen-bond donors (Lipinski definition) is 1. The first-order chi connectivity index (χ1) is 7.16. The van der Waals surface area contributed by atoms with Gasteiger partial charge in [0, 0.05) is 5.56 Å². The highest BCUT2D eigenvalue weighted by molar-refractivity contribution is 6.31. The molecular weight excluding hydrogens is 219 g/mol. The van der Waals surface area contributed by atoms with Gasteiger partial charge in [-0.15, -0.1) is 5.10 Å². The summed E-state index contributed by atoms with van der Waals surface area (Å²) in [4.78, 5) is 3.94. The maximum Gasteiger partial charge on any atom is 0.240 e. The summed E-state index contributed by atoms with van der Waals surface area (Å²) in [6, 6.07) is 4.26. The van der Waals surface area contributed by atoms with Crippen molar-refractivity contribution in [2.24, 2.45) is 0 Å².